The Kier molecular flexibility index (Phi) is 7.21. The summed E-state index contributed by atoms with van der Waals surface area (Å²) in [5.41, 5.74) is 0.388. The number of rotatable bonds is 9. The number of nitrogens with one attached hydrogen (secondary N) is 3. The zero-order valence-electron chi connectivity index (χ0n) is 16.1. The van der Waals surface area contributed by atoms with E-state index in [0.29, 0.717) is 22.8 Å². The number of hydrogen-bond donors (Lipinski definition) is 3. The molecule has 0 fully saturated rings. The van der Waals surface area contributed by atoms with Crippen LogP contribution in [0, 0.1) is 0 Å². The van der Waals surface area contributed by atoms with Gasteiger partial charge in [-0.05, 0) is 48.5 Å². The van der Waals surface area contributed by atoms with Gasteiger partial charge in [0.2, 0.25) is 11.8 Å². The number of furan rings is 1. The Labute approximate surface area is 173 Å². The van der Waals surface area contributed by atoms with E-state index in [4.69, 9.17) is 9.15 Å². The predicted molar refractivity (Wildman–Crippen MR) is 109 cm³/mol. The minimum absolute atomic E-state index is 0.194. The average molecular weight is 407 g/mol. The first-order chi connectivity index (χ1) is 14.6. The number of ether oxygens (including phenoxy) is 1. The molecule has 0 spiro atoms. The van der Waals surface area contributed by atoms with Crippen LogP contribution in [0.5, 0.6) is 11.5 Å². The van der Waals surface area contributed by atoms with Crippen molar-refractivity contribution in [1.29, 1.82) is 0 Å². The first kappa shape index (κ1) is 20.7. The first-order valence-electron chi connectivity index (χ1n) is 9.27. The molecule has 0 saturated heterocycles. The number of amides is 3. The van der Waals surface area contributed by atoms with E-state index >= 15 is 0 Å². The Morgan fingerprint density at radius 3 is 2.10 bits per heavy atom. The fourth-order valence-corrected chi connectivity index (χ4v) is 2.46. The van der Waals surface area contributed by atoms with Crippen LogP contribution in [0.2, 0.25) is 0 Å². The Balaban J connectivity index is 1.37. The highest BCUT2D eigenvalue weighted by Crippen LogP contribution is 2.21. The van der Waals surface area contributed by atoms with E-state index in [1.54, 1.807) is 36.4 Å². The molecule has 0 radical (unpaired) electrons. The van der Waals surface area contributed by atoms with Gasteiger partial charge in [-0.3, -0.25) is 14.4 Å². The molecule has 154 valence electrons. The number of para-hydroxylation sites is 1. The maximum Gasteiger partial charge on any atom is 0.251 e. The van der Waals surface area contributed by atoms with Gasteiger partial charge in [-0.25, -0.2) is 0 Å². The van der Waals surface area contributed by atoms with Crippen molar-refractivity contribution in [2.45, 2.75) is 6.54 Å². The van der Waals surface area contributed by atoms with Gasteiger partial charge in [0.05, 0.1) is 25.9 Å². The molecule has 3 N–H and O–H groups in total. The lowest BCUT2D eigenvalue weighted by molar-refractivity contribution is -0.125. The molecule has 0 unspecified atom stereocenters. The third-order valence-electron chi connectivity index (χ3n) is 3.99. The summed E-state index contributed by atoms with van der Waals surface area (Å²) in [6.45, 7) is -0.198. The molecule has 0 aliphatic heterocycles. The molecular weight excluding hydrogens is 386 g/mol. The fourth-order valence-electron chi connectivity index (χ4n) is 2.46. The Morgan fingerprint density at radius 2 is 1.40 bits per heavy atom. The SMILES string of the molecule is O=C(CNC(=O)CNC(=O)c1ccc(Oc2ccccc2)cc1)NCc1ccco1. The number of carbonyl (C=O) groups excluding carboxylic acids is 3. The second-order valence-electron chi connectivity index (χ2n) is 6.25. The molecule has 8 heteroatoms. The molecule has 0 aliphatic carbocycles. The molecule has 3 aromatic rings. The number of benzene rings is 2. The van der Waals surface area contributed by atoms with Crippen LogP contribution in [0.1, 0.15) is 16.1 Å². The minimum Gasteiger partial charge on any atom is -0.467 e. The predicted octanol–water partition coefficient (Wildman–Crippen LogP) is 2.23. The van der Waals surface area contributed by atoms with Crippen LogP contribution in [0.4, 0.5) is 0 Å². The first-order valence-corrected chi connectivity index (χ1v) is 9.27. The van der Waals surface area contributed by atoms with Crippen molar-refractivity contribution < 1.29 is 23.5 Å². The molecule has 0 aliphatic rings. The van der Waals surface area contributed by atoms with Crippen LogP contribution < -0.4 is 20.7 Å². The molecule has 1 heterocycles. The standard InChI is InChI=1S/C22H21N3O5/c26-20(23-13-19-7-4-12-29-19)14-24-21(27)15-25-22(28)16-8-10-18(11-9-16)30-17-5-2-1-3-6-17/h1-12H,13-15H2,(H,23,26)(H,24,27)(H,25,28). The summed E-state index contributed by atoms with van der Waals surface area (Å²) in [4.78, 5) is 35.7. The Morgan fingerprint density at radius 1 is 0.733 bits per heavy atom. The summed E-state index contributed by atoms with van der Waals surface area (Å²) >= 11 is 0. The minimum atomic E-state index is -0.472. The second-order valence-corrected chi connectivity index (χ2v) is 6.25. The molecule has 0 atom stereocenters. The fraction of sp³-hybridized carbons (Fsp3) is 0.136. The van der Waals surface area contributed by atoms with Gasteiger partial charge in [-0.1, -0.05) is 18.2 Å². The maximum atomic E-state index is 12.2. The highest BCUT2D eigenvalue weighted by molar-refractivity contribution is 5.96. The van der Waals surface area contributed by atoms with E-state index in [-0.39, 0.29) is 25.5 Å². The van der Waals surface area contributed by atoms with Crippen LogP contribution in [0.15, 0.2) is 77.4 Å². The summed E-state index contributed by atoms with van der Waals surface area (Å²) in [7, 11) is 0. The topological polar surface area (TPSA) is 110 Å². The summed E-state index contributed by atoms with van der Waals surface area (Å²) in [5, 5.41) is 7.55. The van der Waals surface area contributed by atoms with Crippen molar-refractivity contribution in [1.82, 2.24) is 16.0 Å². The van der Waals surface area contributed by atoms with Gasteiger partial charge < -0.3 is 25.1 Å². The molecule has 3 rings (SSSR count). The molecule has 2 aromatic carbocycles. The largest absolute Gasteiger partial charge is 0.467 e. The lowest BCUT2D eigenvalue weighted by Crippen LogP contribution is -2.41. The molecule has 8 nitrogen and oxygen atoms in total. The normalized spacial score (nSPS) is 10.1. The van der Waals surface area contributed by atoms with Gasteiger partial charge in [-0.2, -0.15) is 0 Å². The summed E-state index contributed by atoms with van der Waals surface area (Å²) in [6, 6.07) is 19.3. The second kappa shape index (κ2) is 10.5. The van der Waals surface area contributed by atoms with Crippen LogP contribution in [0.3, 0.4) is 0 Å². The quantitative estimate of drug-likeness (QED) is 0.504. The Bertz CT molecular complexity index is 970. The zero-order valence-corrected chi connectivity index (χ0v) is 16.1. The third-order valence-corrected chi connectivity index (χ3v) is 3.99. The monoisotopic (exact) mass is 407 g/mol. The van der Waals surface area contributed by atoms with Crippen LogP contribution >= 0.6 is 0 Å². The molecule has 0 saturated carbocycles. The third kappa shape index (κ3) is 6.52. The van der Waals surface area contributed by atoms with E-state index < -0.39 is 11.8 Å². The van der Waals surface area contributed by atoms with Crippen molar-refractivity contribution >= 4 is 17.7 Å². The maximum absolute atomic E-state index is 12.2. The molecule has 1 aromatic heterocycles. The number of carbonyl (C=O) groups is 3. The van der Waals surface area contributed by atoms with Crippen molar-refractivity contribution in [3.8, 4) is 11.5 Å². The van der Waals surface area contributed by atoms with Gasteiger partial charge in [0.15, 0.2) is 0 Å². The van der Waals surface area contributed by atoms with Crippen LogP contribution in [0.25, 0.3) is 0 Å². The van der Waals surface area contributed by atoms with Crippen molar-refractivity contribution in [2.75, 3.05) is 13.1 Å². The van der Waals surface area contributed by atoms with Gasteiger partial charge in [-0.15, -0.1) is 0 Å². The van der Waals surface area contributed by atoms with Crippen LogP contribution in [-0.2, 0) is 16.1 Å². The van der Waals surface area contributed by atoms with Gasteiger partial charge in [0.25, 0.3) is 5.91 Å². The molecule has 0 bridgehead atoms. The average Bonchev–Trinajstić information content (AvgIpc) is 3.29. The van der Waals surface area contributed by atoms with E-state index in [0.717, 1.165) is 0 Å². The van der Waals surface area contributed by atoms with Crippen molar-refractivity contribution in [2.24, 2.45) is 0 Å². The lowest BCUT2D eigenvalue weighted by Gasteiger charge is -2.08. The molecule has 30 heavy (non-hydrogen) atoms. The lowest BCUT2D eigenvalue weighted by atomic mass is 10.2. The van der Waals surface area contributed by atoms with Crippen LogP contribution in [-0.4, -0.2) is 30.8 Å². The number of hydrogen-bond acceptors (Lipinski definition) is 5. The van der Waals surface area contributed by atoms with E-state index in [1.807, 2.05) is 30.3 Å². The summed E-state index contributed by atoms with van der Waals surface area (Å²) in [6.07, 6.45) is 1.51. The zero-order chi connectivity index (χ0) is 21.2. The highest BCUT2D eigenvalue weighted by atomic mass is 16.5. The van der Waals surface area contributed by atoms with Gasteiger partial charge >= 0.3 is 0 Å². The van der Waals surface area contributed by atoms with Gasteiger partial charge in [0.1, 0.15) is 17.3 Å². The highest BCUT2D eigenvalue weighted by Gasteiger charge is 2.10. The van der Waals surface area contributed by atoms with Crippen molar-refractivity contribution in [3.05, 3.63) is 84.3 Å². The van der Waals surface area contributed by atoms with Gasteiger partial charge in [0, 0.05) is 5.56 Å². The van der Waals surface area contributed by atoms with E-state index in [9.17, 15) is 14.4 Å². The van der Waals surface area contributed by atoms with E-state index in [1.165, 1.54) is 6.26 Å². The van der Waals surface area contributed by atoms with E-state index in [2.05, 4.69) is 16.0 Å². The summed E-state index contributed by atoms with van der Waals surface area (Å²) < 4.78 is 10.8. The molecule has 3 amide bonds. The smallest absolute Gasteiger partial charge is 0.251 e. The molecular formula is C22H21N3O5. The summed E-state index contributed by atoms with van der Waals surface area (Å²) in [5.74, 6) is 0.664. The Hall–Kier alpha value is -4.07. The van der Waals surface area contributed by atoms with Crippen molar-refractivity contribution in [3.63, 3.8) is 0 Å².